The average Bonchev–Trinajstić information content (AvgIpc) is 2.75. The molecule has 1 aromatic heterocycles. The van der Waals surface area contributed by atoms with E-state index in [9.17, 15) is 9.18 Å². The summed E-state index contributed by atoms with van der Waals surface area (Å²) in [6.45, 7) is 0. The lowest BCUT2D eigenvalue weighted by molar-refractivity contribution is 0.0601. The molecule has 6 heteroatoms. The molecule has 2 rings (SSSR count). The van der Waals surface area contributed by atoms with Crippen LogP contribution in [0.2, 0.25) is 5.02 Å². The maximum absolute atomic E-state index is 13.3. The number of H-pyrrole nitrogens is 1. The minimum absolute atomic E-state index is 0.139. The lowest BCUT2D eigenvalue weighted by Crippen LogP contribution is -2.02. The number of nitrogens with zero attached hydrogens (tertiary/aromatic N) is 1. The third-order valence-corrected chi connectivity index (χ3v) is 2.70. The van der Waals surface area contributed by atoms with Crippen LogP contribution in [0.1, 0.15) is 10.4 Å². The standard InChI is InChI=1S/C11H8ClFN2O2/c1-17-11(16)7-4-2-3-6(9(7)12)8-5-14-15-10(8)13/h2-5H,1H3,(H,14,15). The van der Waals surface area contributed by atoms with E-state index in [1.54, 1.807) is 12.1 Å². The highest BCUT2D eigenvalue weighted by atomic mass is 35.5. The van der Waals surface area contributed by atoms with Gasteiger partial charge in [-0.1, -0.05) is 23.7 Å². The molecule has 0 amide bonds. The van der Waals surface area contributed by atoms with Gasteiger partial charge in [0.25, 0.3) is 0 Å². The number of carbonyl (C=O) groups is 1. The molecule has 0 aliphatic carbocycles. The number of carbonyl (C=O) groups excluding carboxylic acids is 1. The molecule has 0 radical (unpaired) electrons. The molecule has 1 N–H and O–H groups in total. The van der Waals surface area contributed by atoms with Crippen molar-refractivity contribution in [1.29, 1.82) is 0 Å². The van der Waals surface area contributed by atoms with Crippen LogP contribution in [0.3, 0.4) is 0 Å². The molecule has 1 aromatic carbocycles. The first-order valence-corrected chi connectivity index (χ1v) is 5.09. The van der Waals surface area contributed by atoms with E-state index >= 15 is 0 Å². The molecule has 88 valence electrons. The molecule has 17 heavy (non-hydrogen) atoms. The molecule has 4 nitrogen and oxygen atoms in total. The predicted molar refractivity (Wildman–Crippen MR) is 60.3 cm³/mol. The molecule has 0 unspecified atom stereocenters. The number of hydrogen-bond acceptors (Lipinski definition) is 3. The number of aromatic nitrogens is 2. The van der Waals surface area contributed by atoms with Crippen LogP contribution < -0.4 is 0 Å². The first kappa shape index (κ1) is 11.6. The van der Waals surface area contributed by atoms with Gasteiger partial charge in [0.15, 0.2) is 0 Å². The maximum Gasteiger partial charge on any atom is 0.339 e. The van der Waals surface area contributed by atoms with Crippen LogP contribution in [0.25, 0.3) is 11.1 Å². The van der Waals surface area contributed by atoms with Gasteiger partial charge in [-0.3, -0.25) is 5.10 Å². The molecular weight excluding hydrogens is 247 g/mol. The Bertz CT molecular complexity index is 568. The summed E-state index contributed by atoms with van der Waals surface area (Å²) in [5.41, 5.74) is 0.786. The van der Waals surface area contributed by atoms with Crippen molar-refractivity contribution in [3.8, 4) is 11.1 Å². The second-order valence-corrected chi connectivity index (χ2v) is 3.63. The fourth-order valence-corrected chi connectivity index (χ4v) is 1.77. The lowest BCUT2D eigenvalue weighted by atomic mass is 10.1. The Morgan fingerprint density at radius 3 is 2.82 bits per heavy atom. The fourth-order valence-electron chi connectivity index (χ4n) is 1.47. The van der Waals surface area contributed by atoms with Gasteiger partial charge in [-0.25, -0.2) is 4.79 Å². The molecule has 0 spiro atoms. The SMILES string of the molecule is COC(=O)c1cccc(-c2c[nH]nc2F)c1Cl. The normalized spacial score (nSPS) is 10.3. The van der Waals surface area contributed by atoms with Crippen molar-refractivity contribution in [1.82, 2.24) is 10.2 Å². The highest BCUT2D eigenvalue weighted by molar-refractivity contribution is 6.36. The van der Waals surface area contributed by atoms with Gasteiger partial charge in [-0.2, -0.15) is 4.39 Å². The predicted octanol–water partition coefficient (Wildman–Crippen LogP) is 2.66. The molecule has 0 fully saturated rings. The van der Waals surface area contributed by atoms with Gasteiger partial charge in [-0.15, -0.1) is 5.10 Å². The number of esters is 1. The third kappa shape index (κ3) is 2.01. The molecule has 2 aromatic rings. The fraction of sp³-hybridized carbons (Fsp3) is 0.0909. The van der Waals surface area contributed by atoms with Gasteiger partial charge in [-0.05, 0) is 6.07 Å². The van der Waals surface area contributed by atoms with Crippen LogP contribution in [0.15, 0.2) is 24.4 Å². The molecule has 0 bridgehead atoms. The van der Waals surface area contributed by atoms with E-state index in [2.05, 4.69) is 14.9 Å². The van der Waals surface area contributed by atoms with Crippen LogP contribution in [0.4, 0.5) is 4.39 Å². The monoisotopic (exact) mass is 254 g/mol. The summed E-state index contributed by atoms with van der Waals surface area (Å²) in [5, 5.41) is 5.89. The van der Waals surface area contributed by atoms with Gasteiger partial charge < -0.3 is 4.74 Å². The van der Waals surface area contributed by atoms with E-state index in [1.165, 1.54) is 19.4 Å². The maximum atomic E-state index is 13.3. The highest BCUT2D eigenvalue weighted by Crippen LogP contribution is 2.31. The number of aromatic amines is 1. The van der Waals surface area contributed by atoms with Crippen molar-refractivity contribution in [2.75, 3.05) is 7.11 Å². The van der Waals surface area contributed by atoms with E-state index in [4.69, 9.17) is 11.6 Å². The van der Waals surface area contributed by atoms with Crippen molar-refractivity contribution in [3.63, 3.8) is 0 Å². The van der Waals surface area contributed by atoms with Crippen molar-refractivity contribution in [2.45, 2.75) is 0 Å². The number of benzene rings is 1. The van der Waals surface area contributed by atoms with Crippen molar-refractivity contribution in [2.24, 2.45) is 0 Å². The molecule has 0 aliphatic heterocycles. The summed E-state index contributed by atoms with van der Waals surface area (Å²) in [7, 11) is 1.25. The van der Waals surface area contributed by atoms with Crippen LogP contribution in [0, 0.1) is 5.95 Å². The van der Waals surface area contributed by atoms with Crippen molar-refractivity contribution < 1.29 is 13.9 Å². The van der Waals surface area contributed by atoms with Crippen molar-refractivity contribution in [3.05, 3.63) is 40.9 Å². The topological polar surface area (TPSA) is 55.0 Å². The van der Waals surface area contributed by atoms with Crippen LogP contribution in [0.5, 0.6) is 0 Å². The summed E-state index contributed by atoms with van der Waals surface area (Å²) in [5.74, 6) is -1.24. The van der Waals surface area contributed by atoms with Gasteiger partial charge in [0, 0.05) is 11.8 Å². The van der Waals surface area contributed by atoms with Crippen LogP contribution in [-0.4, -0.2) is 23.3 Å². The van der Waals surface area contributed by atoms with Crippen molar-refractivity contribution >= 4 is 17.6 Å². The molecule has 0 saturated carbocycles. The van der Waals surface area contributed by atoms with E-state index < -0.39 is 11.9 Å². The number of nitrogens with one attached hydrogen (secondary N) is 1. The summed E-state index contributed by atoms with van der Waals surface area (Å²) >= 11 is 6.04. The summed E-state index contributed by atoms with van der Waals surface area (Å²) in [4.78, 5) is 11.4. The molecule has 0 saturated heterocycles. The second-order valence-electron chi connectivity index (χ2n) is 3.25. The van der Waals surface area contributed by atoms with Gasteiger partial charge >= 0.3 is 5.97 Å². The minimum Gasteiger partial charge on any atom is -0.465 e. The smallest absolute Gasteiger partial charge is 0.339 e. The Morgan fingerprint density at radius 1 is 1.47 bits per heavy atom. The van der Waals surface area contributed by atoms with Gasteiger partial charge in [0.05, 0.1) is 23.3 Å². The number of rotatable bonds is 2. The molecular formula is C11H8ClFN2O2. The third-order valence-electron chi connectivity index (χ3n) is 2.29. The lowest BCUT2D eigenvalue weighted by Gasteiger charge is -2.06. The quantitative estimate of drug-likeness (QED) is 0.839. The Labute approximate surface area is 101 Å². The number of methoxy groups -OCH3 is 1. The number of hydrogen-bond donors (Lipinski definition) is 1. The van der Waals surface area contributed by atoms with Crippen LogP contribution >= 0.6 is 11.6 Å². The van der Waals surface area contributed by atoms with Gasteiger partial charge in [0.2, 0.25) is 5.95 Å². The summed E-state index contributed by atoms with van der Waals surface area (Å²) in [6, 6.07) is 4.71. The molecule has 0 aliphatic rings. The first-order chi connectivity index (χ1) is 8.15. The average molecular weight is 255 g/mol. The highest BCUT2D eigenvalue weighted by Gasteiger charge is 2.17. The Kier molecular flexibility index (Phi) is 3.10. The summed E-state index contributed by atoms with van der Waals surface area (Å²) < 4.78 is 17.9. The largest absolute Gasteiger partial charge is 0.465 e. The Hall–Kier alpha value is -1.88. The zero-order chi connectivity index (χ0) is 12.4. The van der Waals surface area contributed by atoms with Gasteiger partial charge in [0.1, 0.15) is 0 Å². The number of halogens is 2. The molecule has 0 atom stereocenters. The first-order valence-electron chi connectivity index (χ1n) is 4.71. The van der Waals surface area contributed by atoms with E-state index in [0.717, 1.165) is 0 Å². The molecule has 1 heterocycles. The zero-order valence-electron chi connectivity index (χ0n) is 8.83. The van der Waals surface area contributed by atoms with E-state index in [1.807, 2.05) is 0 Å². The number of ether oxygens (including phenoxy) is 1. The van der Waals surface area contributed by atoms with E-state index in [0.29, 0.717) is 5.56 Å². The Morgan fingerprint density at radius 2 is 2.24 bits per heavy atom. The Balaban J connectivity index is 2.57. The minimum atomic E-state index is -0.672. The zero-order valence-corrected chi connectivity index (χ0v) is 9.58. The second kappa shape index (κ2) is 4.55. The van der Waals surface area contributed by atoms with E-state index in [-0.39, 0.29) is 16.1 Å². The summed E-state index contributed by atoms with van der Waals surface area (Å²) in [6.07, 6.45) is 1.37. The van der Waals surface area contributed by atoms with Crippen LogP contribution in [-0.2, 0) is 4.74 Å².